The molecule has 0 spiro atoms. The molecule has 8 heteroatoms. The number of rotatable bonds is 5. The maximum absolute atomic E-state index is 14.7. The number of ether oxygens (including phenoxy) is 2. The number of carbonyl (C=O) groups is 2. The van der Waals surface area contributed by atoms with Crippen molar-refractivity contribution < 1.29 is 23.5 Å². The van der Waals surface area contributed by atoms with Crippen molar-refractivity contribution in [1.29, 1.82) is 0 Å². The van der Waals surface area contributed by atoms with Gasteiger partial charge in [-0.05, 0) is 53.8 Å². The van der Waals surface area contributed by atoms with E-state index in [1.165, 1.54) is 11.0 Å². The minimum atomic E-state index is -1.09. The van der Waals surface area contributed by atoms with E-state index in [-0.39, 0.29) is 17.4 Å². The molecule has 2 atom stereocenters. The molecule has 3 aromatic carbocycles. The summed E-state index contributed by atoms with van der Waals surface area (Å²) in [6.07, 6.45) is 0.820. The van der Waals surface area contributed by atoms with E-state index in [1.807, 2.05) is 6.07 Å². The van der Waals surface area contributed by atoms with Crippen molar-refractivity contribution in [2.24, 2.45) is 5.73 Å². The average Bonchev–Trinajstić information content (AvgIpc) is 3.44. The number of nitrogens with two attached hydrogens (primary N) is 1. The van der Waals surface area contributed by atoms with Crippen LogP contribution in [0, 0.1) is 5.82 Å². The van der Waals surface area contributed by atoms with Crippen LogP contribution in [0.4, 0.5) is 4.39 Å². The first kappa shape index (κ1) is 21.3. The van der Waals surface area contributed by atoms with Crippen LogP contribution >= 0.6 is 11.6 Å². The van der Waals surface area contributed by atoms with Gasteiger partial charge in [-0.1, -0.05) is 48.0 Å². The lowest BCUT2D eigenvalue weighted by Crippen LogP contribution is -2.43. The summed E-state index contributed by atoms with van der Waals surface area (Å²) in [7, 11) is 0. The summed E-state index contributed by atoms with van der Waals surface area (Å²) in [6, 6.07) is 15.0. The van der Waals surface area contributed by atoms with Crippen LogP contribution in [0.2, 0.25) is 5.02 Å². The van der Waals surface area contributed by atoms with E-state index >= 15 is 0 Å². The molecule has 5 rings (SSSR count). The number of primary amides is 1. The predicted octanol–water partition coefficient (Wildman–Crippen LogP) is 4.56. The monoisotopic (exact) mass is 466 g/mol. The summed E-state index contributed by atoms with van der Waals surface area (Å²) >= 11 is 6.16. The number of nitrogens with zero attached hydrogens (tertiary/aromatic N) is 1. The zero-order chi connectivity index (χ0) is 23.1. The Morgan fingerprint density at radius 1 is 1.09 bits per heavy atom. The Morgan fingerprint density at radius 2 is 1.88 bits per heavy atom. The van der Waals surface area contributed by atoms with Crippen LogP contribution < -0.4 is 15.2 Å². The van der Waals surface area contributed by atoms with Crippen molar-refractivity contribution in [2.45, 2.75) is 24.9 Å². The van der Waals surface area contributed by atoms with E-state index < -0.39 is 29.7 Å². The molecule has 0 aromatic heterocycles. The molecule has 33 heavy (non-hydrogen) atoms. The molecule has 1 heterocycles. The van der Waals surface area contributed by atoms with Gasteiger partial charge in [-0.2, -0.15) is 0 Å². The van der Waals surface area contributed by atoms with Crippen LogP contribution in [-0.4, -0.2) is 23.5 Å². The lowest BCUT2D eigenvalue weighted by molar-refractivity contribution is -0.123. The lowest BCUT2D eigenvalue weighted by Gasteiger charge is -2.36. The number of para-hydroxylation sites is 1. The quantitative estimate of drug-likeness (QED) is 0.597. The molecule has 0 saturated heterocycles. The summed E-state index contributed by atoms with van der Waals surface area (Å²) < 4.78 is 25.6. The Bertz CT molecular complexity index is 1250. The lowest BCUT2D eigenvalue weighted by atomic mass is 9.97. The first-order valence-electron chi connectivity index (χ1n) is 10.5. The number of benzene rings is 3. The molecule has 0 saturated carbocycles. The molecular formula is C25H20ClFN2O4. The number of fused-ring (bicyclic) bond motifs is 2. The van der Waals surface area contributed by atoms with Crippen LogP contribution in [0.1, 0.15) is 45.6 Å². The molecule has 0 unspecified atom stereocenters. The van der Waals surface area contributed by atoms with E-state index in [0.29, 0.717) is 41.0 Å². The smallest absolute Gasteiger partial charge is 0.259 e. The van der Waals surface area contributed by atoms with Crippen molar-refractivity contribution in [3.63, 3.8) is 0 Å². The van der Waals surface area contributed by atoms with Crippen LogP contribution in [-0.2, 0) is 11.2 Å². The molecular weight excluding hydrogens is 447 g/mol. The molecule has 6 nitrogen and oxygen atoms in total. The van der Waals surface area contributed by atoms with Gasteiger partial charge in [-0.25, -0.2) is 4.39 Å². The highest BCUT2D eigenvalue weighted by molar-refractivity contribution is 6.30. The van der Waals surface area contributed by atoms with Crippen molar-refractivity contribution in [2.75, 3.05) is 6.79 Å². The first-order valence-corrected chi connectivity index (χ1v) is 10.9. The Balaban J connectivity index is 1.68. The molecule has 2 amide bonds. The van der Waals surface area contributed by atoms with E-state index in [1.54, 1.807) is 48.5 Å². The normalized spacial score (nSPS) is 16.8. The molecule has 0 fully saturated rings. The number of carbonyl (C=O) groups excluding carboxylic acids is 2. The Morgan fingerprint density at radius 3 is 2.64 bits per heavy atom. The van der Waals surface area contributed by atoms with Gasteiger partial charge in [0.1, 0.15) is 11.9 Å². The summed E-state index contributed by atoms with van der Waals surface area (Å²) in [4.78, 5) is 28.3. The second kappa shape index (κ2) is 8.41. The second-order valence-corrected chi connectivity index (χ2v) is 8.41. The summed E-state index contributed by atoms with van der Waals surface area (Å²) in [5, 5.41) is 0.221. The van der Waals surface area contributed by atoms with Gasteiger partial charge in [0.15, 0.2) is 11.5 Å². The van der Waals surface area contributed by atoms with E-state index in [0.717, 1.165) is 0 Å². The SMILES string of the molecule is NC(=O)[C@@H](c1ccccc1)N(C(=O)c1cccc2c1OCO2)[C@@H]1CCc2c(F)cc(Cl)cc21. The Kier molecular flexibility index (Phi) is 5.42. The average molecular weight is 467 g/mol. The number of halogens is 2. The molecule has 1 aliphatic heterocycles. The van der Waals surface area contributed by atoms with E-state index in [2.05, 4.69) is 0 Å². The molecule has 2 N–H and O–H groups in total. The van der Waals surface area contributed by atoms with Gasteiger partial charge in [0.05, 0.1) is 11.6 Å². The fourth-order valence-corrected chi connectivity index (χ4v) is 4.90. The maximum Gasteiger partial charge on any atom is 0.259 e. The zero-order valence-electron chi connectivity index (χ0n) is 17.5. The van der Waals surface area contributed by atoms with Gasteiger partial charge in [-0.15, -0.1) is 0 Å². The highest BCUT2D eigenvalue weighted by Crippen LogP contribution is 2.45. The van der Waals surface area contributed by atoms with Crippen molar-refractivity contribution in [1.82, 2.24) is 4.90 Å². The highest BCUT2D eigenvalue weighted by atomic mass is 35.5. The molecule has 2 aliphatic rings. The van der Waals surface area contributed by atoms with Crippen molar-refractivity contribution in [3.05, 3.63) is 93.8 Å². The van der Waals surface area contributed by atoms with Crippen LogP contribution in [0.25, 0.3) is 0 Å². The van der Waals surface area contributed by atoms with Gasteiger partial charge in [0.25, 0.3) is 5.91 Å². The molecule has 168 valence electrons. The Labute approximate surface area is 194 Å². The fourth-order valence-electron chi connectivity index (χ4n) is 4.68. The third-order valence-corrected chi connectivity index (χ3v) is 6.30. The van der Waals surface area contributed by atoms with Gasteiger partial charge in [-0.3, -0.25) is 9.59 Å². The predicted molar refractivity (Wildman–Crippen MR) is 120 cm³/mol. The first-order chi connectivity index (χ1) is 16.0. The third kappa shape index (κ3) is 3.68. The summed E-state index contributed by atoms with van der Waals surface area (Å²) in [5.41, 5.74) is 7.70. The van der Waals surface area contributed by atoms with Crippen LogP contribution in [0.3, 0.4) is 0 Å². The van der Waals surface area contributed by atoms with Gasteiger partial charge < -0.3 is 20.1 Å². The maximum atomic E-state index is 14.7. The summed E-state index contributed by atoms with van der Waals surface area (Å²) in [6.45, 7) is -0.00928. The van der Waals surface area contributed by atoms with E-state index in [9.17, 15) is 14.0 Å². The van der Waals surface area contributed by atoms with Crippen molar-refractivity contribution >= 4 is 23.4 Å². The standard InChI is InChI=1S/C25H20ClFN2O4/c26-15-11-18-16(19(27)12-15)9-10-20(18)29(22(24(28)30)14-5-2-1-3-6-14)25(31)17-7-4-8-21-23(17)33-13-32-21/h1-8,11-12,20,22H,9-10,13H2,(H2,28,30)/t20-,22-/m1/s1. The number of hydrogen-bond acceptors (Lipinski definition) is 4. The van der Waals surface area contributed by atoms with E-state index in [4.69, 9.17) is 26.8 Å². The Hall–Kier alpha value is -3.58. The second-order valence-electron chi connectivity index (χ2n) is 7.98. The van der Waals surface area contributed by atoms with Gasteiger partial charge in [0.2, 0.25) is 12.7 Å². The molecule has 3 aromatic rings. The minimum Gasteiger partial charge on any atom is -0.454 e. The highest BCUT2D eigenvalue weighted by Gasteiger charge is 2.41. The molecule has 1 aliphatic carbocycles. The number of hydrogen-bond donors (Lipinski definition) is 1. The topological polar surface area (TPSA) is 81.9 Å². The van der Waals surface area contributed by atoms with Gasteiger partial charge in [0, 0.05) is 5.02 Å². The van der Waals surface area contributed by atoms with Crippen LogP contribution in [0.15, 0.2) is 60.7 Å². The molecule has 0 radical (unpaired) electrons. The number of amides is 2. The fraction of sp³-hybridized carbons (Fsp3) is 0.200. The zero-order valence-corrected chi connectivity index (χ0v) is 18.2. The minimum absolute atomic E-state index is 0.00928. The molecule has 0 bridgehead atoms. The van der Waals surface area contributed by atoms with Crippen LogP contribution in [0.5, 0.6) is 11.5 Å². The van der Waals surface area contributed by atoms with Crippen molar-refractivity contribution in [3.8, 4) is 11.5 Å². The largest absolute Gasteiger partial charge is 0.454 e. The third-order valence-electron chi connectivity index (χ3n) is 6.08. The van der Waals surface area contributed by atoms with Gasteiger partial charge >= 0.3 is 0 Å². The summed E-state index contributed by atoms with van der Waals surface area (Å²) in [5.74, 6) is -0.852.